The van der Waals surface area contributed by atoms with Crippen LogP contribution in [-0.4, -0.2) is 4.89 Å². The minimum absolute atomic E-state index is 0.443. The Balaban J connectivity index is 1.24. The zero-order valence-electron chi connectivity index (χ0n) is 27.8. The van der Waals surface area contributed by atoms with Crippen LogP contribution in [0.4, 0.5) is 0 Å². The van der Waals surface area contributed by atoms with E-state index in [0.29, 0.717) is 11.5 Å². The van der Waals surface area contributed by atoms with Crippen LogP contribution in [0, 0.1) is 0 Å². The van der Waals surface area contributed by atoms with Gasteiger partial charge in [0.1, 0.15) is 11.5 Å². The molecule has 252 valence electrons. The zero-order valence-corrected chi connectivity index (χ0v) is 31.8. The lowest BCUT2D eigenvalue weighted by Gasteiger charge is -2.35. The Bertz CT molecular complexity index is 2760. The molecule has 4 nitrogen and oxygen atoms in total. The monoisotopic (exact) mass is 822 g/mol. The molecule has 0 fully saturated rings. The number of hydrogen-bond acceptors (Lipinski definition) is 3. The summed E-state index contributed by atoms with van der Waals surface area (Å²) in [4.78, 5) is 11.9. The molecule has 8 aromatic carbocycles. The summed E-state index contributed by atoms with van der Waals surface area (Å²) in [5, 5.41) is 8.84. The van der Waals surface area contributed by atoms with Crippen molar-refractivity contribution in [2.45, 2.75) is 31.1 Å². The summed E-state index contributed by atoms with van der Waals surface area (Å²) in [6, 6.07) is 42.0. The lowest BCUT2D eigenvalue weighted by atomic mass is 9.74. The van der Waals surface area contributed by atoms with Crippen molar-refractivity contribution >= 4 is 82.8 Å². The van der Waals surface area contributed by atoms with Crippen LogP contribution < -0.4 is 9.05 Å². The number of phosphoric acid groups is 1. The van der Waals surface area contributed by atoms with Gasteiger partial charge in [-0.25, -0.2) is 4.57 Å². The molecular formula is C45H29Br2O4P. The van der Waals surface area contributed by atoms with E-state index in [4.69, 9.17) is 9.05 Å². The summed E-state index contributed by atoms with van der Waals surface area (Å²) >= 11 is 7.99. The van der Waals surface area contributed by atoms with Crippen LogP contribution in [0.1, 0.15) is 35.1 Å². The van der Waals surface area contributed by atoms with Gasteiger partial charge in [-0.2, -0.15) is 0 Å². The minimum Gasteiger partial charge on any atom is -0.394 e. The van der Waals surface area contributed by atoms with Crippen LogP contribution in [0.3, 0.4) is 0 Å². The highest BCUT2D eigenvalue weighted by Gasteiger charge is 2.54. The molecule has 0 amide bonds. The number of benzene rings is 8. The second-order valence-corrected chi connectivity index (χ2v) is 17.3. The van der Waals surface area contributed by atoms with Crippen molar-refractivity contribution in [1.82, 2.24) is 0 Å². The molecule has 3 aliphatic rings. The Kier molecular flexibility index (Phi) is 6.60. The van der Waals surface area contributed by atoms with E-state index in [1.54, 1.807) is 0 Å². The molecule has 0 radical (unpaired) electrons. The van der Waals surface area contributed by atoms with Gasteiger partial charge < -0.3 is 9.05 Å². The summed E-state index contributed by atoms with van der Waals surface area (Å²) in [5.41, 5.74) is 7.23. The molecule has 0 saturated carbocycles. The first-order valence-electron chi connectivity index (χ1n) is 17.6. The number of hydrogen-bond donors (Lipinski definition) is 1. The zero-order chi connectivity index (χ0) is 34.9. The minimum atomic E-state index is -4.74. The van der Waals surface area contributed by atoms with Gasteiger partial charge in [0.05, 0.1) is 0 Å². The predicted octanol–water partition coefficient (Wildman–Crippen LogP) is 13.2. The van der Waals surface area contributed by atoms with Crippen molar-refractivity contribution < 1.29 is 18.5 Å². The highest BCUT2D eigenvalue weighted by molar-refractivity contribution is 9.10. The Morgan fingerprint density at radius 1 is 0.519 bits per heavy atom. The molecule has 11 rings (SSSR count). The fourth-order valence-corrected chi connectivity index (χ4v) is 11.8. The van der Waals surface area contributed by atoms with Gasteiger partial charge in [0.25, 0.3) is 0 Å². The van der Waals surface area contributed by atoms with E-state index in [2.05, 4.69) is 129 Å². The SMILES string of the molecule is O=P1(O)Oc2c(-c3cc4ccccc4c4ccccc34)cc(Br)c3c2C2(CC3)CCc3c(Br)cc(-c4cc5ccccc5c5ccccc45)c(c32)O1. The van der Waals surface area contributed by atoms with E-state index in [0.717, 1.165) is 122 Å². The van der Waals surface area contributed by atoms with Crippen LogP contribution in [0.15, 0.2) is 130 Å². The summed E-state index contributed by atoms with van der Waals surface area (Å²) in [7, 11) is -4.74. The van der Waals surface area contributed by atoms with Gasteiger partial charge >= 0.3 is 7.82 Å². The maximum absolute atomic E-state index is 14.6. The first kappa shape index (κ1) is 31.1. The Hall–Kier alpha value is -4.45. The molecule has 0 saturated heterocycles. The highest BCUT2D eigenvalue weighted by Crippen LogP contribution is 2.67. The van der Waals surface area contributed by atoms with Gasteiger partial charge in [-0.05, 0) is 115 Å². The van der Waals surface area contributed by atoms with E-state index in [9.17, 15) is 9.46 Å². The normalized spacial score (nSPS) is 16.4. The molecule has 0 unspecified atom stereocenters. The number of fused-ring (bicyclic) bond motifs is 6. The maximum atomic E-state index is 14.6. The van der Waals surface area contributed by atoms with Crippen molar-refractivity contribution in [3.05, 3.63) is 153 Å². The van der Waals surface area contributed by atoms with Crippen LogP contribution in [0.5, 0.6) is 11.5 Å². The fourth-order valence-electron chi connectivity index (χ4n) is 9.66. The quantitative estimate of drug-likeness (QED) is 0.139. The lowest BCUT2D eigenvalue weighted by Crippen LogP contribution is -2.25. The molecule has 1 aliphatic heterocycles. The van der Waals surface area contributed by atoms with E-state index in [1.165, 1.54) is 0 Å². The van der Waals surface area contributed by atoms with Crippen LogP contribution >= 0.6 is 39.7 Å². The second kappa shape index (κ2) is 11.0. The number of rotatable bonds is 2. The van der Waals surface area contributed by atoms with Crippen LogP contribution in [0.25, 0.3) is 65.3 Å². The summed E-state index contributed by atoms with van der Waals surface area (Å²) in [6.45, 7) is 0. The molecule has 0 bridgehead atoms. The van der Waals surface area contributed by atoms with E-state index in [1.807, 2.05) is 24.3 Å². The summed E-state index contributed by atoms with van der Waals surface area (Å²) in [6.07, 6.45) is 3.29. The third kappa shape index (κ3) is 4.27. The standard InChI is InChI=1S/C45H29Br2O4P/c46-39-23-37(35-21-25-9-1-3-11-27(25)29-13-5-7-15-31(29)35)43-41-33(39)17-19-45(41)20-18-34-40(47)24-38(44(42(34)45)51-52(48,49)50-43)36-22-26-10-2-4-12-28(26)30-14-6-8-16-32(30)36/h1-16,21-24H,17-20H2,(H,48,49). The third-order valence-corrected chi connectivity index (χ3v) is 14.0. The van der Waals surface area contributed by atoms with Crippen molar-refractivity contribution in [3.8, 4) is 33.8 Å². The van der Waals surface area contributed by atoms with Gasteiger partial charge in [-0.3, -0.25) is 4.89 Å². The molecule has 1 heterocycles. The van der Waals surface area contributed by atoms with E-state index in [-0.39, 0.29) is 0 Å². The van der Waals surface area contributed by atoms with Gasteiger partial charge in [-0.1, -0.05) is 129 Å². The number of phosphoric ester groups is 1. The molecule has 0 atom stereocenters. The molecule has 0 aromatic heterocycles. The maximum Gasteiger partial charge on any atom is 0.584 e. The Morgan fingerprint density at radius 3 is 1.35 bits per heavy atom. The summed E-state index contributed by atoms with van der Waals surface area (Å²) < 4.78 is 29.5. The number of halogens is 2. The van der Waals surface area contributed by atoms with Gasteiger partial charge in [0, 0.05) is 36.6 Å². The van der Waals surface area contributed by atoms with E-state index >= 15 is 0 Å². The average molecular weight is 825 g/mol. The fraction of sp³-hybridized carbons (Fsp3) is 0.111. The molecule has 1 N–H and O–H groups in total. The molecule has 7 heteroatoms. The van der Waals surface area contributed by atoms with Crippen LogP contribution in [0.2, 0.25) is 0 Å². The lowest BCUT2D eigenvalue weighted by molar-refractivity contribution is 0.281. The Labute approximate surface area is 316 Å². The molecule has 1 spiro atoms. The molecular weight excluding hydrogens is 795 g/mol. The molecule has 2 aliphatic carbocycles. The van der Waals surface area contributed by atoms with Gasteiger partial charge in [0.2, 0.25) is 0 Å². The predicted molar refractivity (Wildman–Crippen MR) is 218 cm³/mol. The smallest absolute Gasteiger partial charge is 0.394 e. The van der Waals surface area contributed by atoms with Crippen LogP contribution in [-0.2, 0) is 22.8 Å². The first-order valence-corrected chi connectivity index (χ1v) is 20.6. The van der Waals surface area contributed by atoms with E-state index < -0.39 is 13.2 Å². The average Bonchev–Trinajstić information content (AvgIpc) is 3.75. The first-order chi connectivity index (χ1) is 25.3. The topological polar surface area (TPSA) is 55.8 Å². The summed E-state index contributed by atoms with van der Waals surface area (Å²) in [5.74, 6) is 0.885. The highest BCUT2D eigenvalue weighted by atomic mass is 79.9. The largest absolute Gasteiger partial charge is 0.584 e. The van der Waals surface area contributed by atoms with Crippen molar-refractivity contribution in [2.75, 3.05) is 0 Å². The van der Waals surface area contributed by atoms with Crippen molar-refractivity contribution in [1.29, 1.82) is 0 Å². The van der Waals surface area contributed by atoms with Gasteiger partial charge in [0.15, 0.2) is 0 Å². The third-order valence-electron chi connectivity index (χ3n) is 11.8. The molecule has 52 heavy (non-hydrogen) atoms. The van der Waals surface area contributed by atoms with Crippen molar-refractivity contribution in [3.63, 3.8) is 0 Å². The van der Waals surface area contributed by atoms with Gasteiger partial charge in [-0.15, -0.1) is 0 Å². The van der Waals surface area contributed by atoms with Crippen molar-refractivity contribution in [2.24, 2.45) is 0 Å². The second-order valence-electron chi connectivity index (χ2n) is 14.3. The molecule has 8 aromatic rings. The Morgan fingerprint density at radius 2 is 0.904 bits per heavy atom.